The van der Waals surface area contributed by atoms with Crippen LogP contribution in [-0.4, -0.2) is 54.1 Å². The summed E-state index contributed by atoms with van der Waals surface area (Å²) in [4.78, 5) is 5.41. The van der Waals surface area contributed by atoms with E-state index in [-0.39, 0.29) is 5.54 Å². The molecule has 1 aliphatic heterocycles. The molecule has 0 aromatic rings. The van der Waals surface area contributed by atoms with Crippen LogP contribution in [-0.2, 0) is 0 Å². The Morgan fingerprint density at radius 1 is 1.25 bits per heavy atom. The quantitative estimate of drug-likeness (QED) is 0.779. The number of nitrogens with two attached hydrogens (primary N) is 1. The van der Waals surface area contributed by atoms with Gasteiger partial charge < -0.3 is 10.6 Å². The SMILES string of the molecule is CCCN(CC1CC1)C1(CN)CCCN(C(C)C)CC1. The molecule has 1 atom stereocenters. The molecule has 20 heavy (non-hydrogen) atoms. The van der Waals surface area contributed by atoms with E-state index in [0.717, 1.165) is 12.5 Å². The van der Waals surface area contributed by atoms with E-state index in [0.29, 0.717) is 6.04 Å². The van der Waals surface area contributed by atoms with Crippen molar-refractivity contribution in [1.29, 1.82) is 0 Å². The lowest BCUT2D eigenvalue weighted by Gasteiger charge is -2.43. The van der Waals surface area contributed by atoms with Gasteiger partial charge in [-0.05, 0) is 71.4 Å². The molecule has 2 fully saturated rings. The van der Waals surface area contributed by atoms with E-state index >= 15 is 0 Å². The molecule has 0 spiro atoms. The van der Waals surface area contributed by atoms with Crippen LogP contribution in [0.25, 0.3) is 0 Å². The lowest BCUT2D eigenvalue weighted by molar-refractivity contribution is 0.0713. The topological polar surface area (TPSA) is 32.5 Å². The van der Waals surface area contributed by atoms with Crippen molar-refractivity contribution in [3.05, 3.63) is 0 Å². The van der Waals surface area contributed by atoms with Gasteiger partial charge in [-0.3, -0.25) is 4.90 Å². The van der Waals surface area contributed by atoms with E-state index in [2.05, 4.69) is 30.6 Å². The fourth-order valence-corrected chi connectivity index (χ4v) is 3.77. The van der Waals surface area contributed by atoms with E-state index in [1.165, 1.54) is 64.7 Å². The minimum Gasteiger partial charge on any atom is -0.329 e. The first-order valence-electron chi connectivity index (χ1n) is 8.80. The van der Waals surface area contributed by atoms with E-state index in [1.807, 2.05) is 0 Å². The van der Waals surface area contributed by atoms with Crippen LogP contribution in [0, 0.1) is 5.92 Å². The maximum Gasteiger partial charge on any atom is 0.0344 e. The monoisotopic (exact) mass is 281 g/mol. The maximum absolute atomic E-state index is 6.30. The molecular formula is C17H35N3. The molecule has 118 valence electrons. The van der Waals surface area contributed by atoms with Crippen LogP contribution in [0.4, 0.5) is 0 Å². The van der Waals surface area contributed by atoms with Gasteiger partial charge in [0.2, 0.25) is 0 Å². The van der Waals surface area contributed by atoms with Crippen LogP contribution in [0.15, 0.2) is 0 Å². The molecular weight excluding hydrogens is 246 g/mol. The lowest BCUT2D eigenvalue weighted by atomic mass is 9.87. The number of hydrogen-bond donors (Lipinski definition) is 1. The minimum absolute atomic E-state index is 0.280. The summed E-state index contributed by atoms with van der Waals surface area (Å²) in [5.74, 6) is 0.967. The number of rotatable bonds is 7. The Hall–Kier alpha value is -0.120. The van der Waals surface area contributed by atoms with Crippen molar-refractivity contribution >= 4 is 0 Å². The molecule has 0 radical (unpaired) electrons. The van der Waals surface area contributed by atoms with Crippen molar-refractivity contribution < 1.29 is 0 Å². The average Bonchev–Trinajstić information content (AvgIpc) is 3.24. The van der Waals surface area contributed by atoms with Crippen molar-refractivity contribution in [3.63, 3.8) is 0 Å². The molecule has 1 saturated carbocycles. The van der Waals surface area contributed by atoms with Gasteiger partial charge in [0.05, 0.1) is 0 Å². The number of likely N-dealkylation sites (tertiary alicyclic amines) is 1. The number of nitrogens with zero attached hydrogens (tertiary/aromatic N) is 2. The molecule has 0 aromatic heterocycles. The molecule has 0 bridgehead atoms. The van der Waals surface area contributed by atoms with Gasteiger partial charge in [-0.15, -0.1) is 0 Å². The third kappa shape index (κ3) is 3.96. The molecule has 3 nitrogen and oxygen atoms in total. The third-order valence-electron chi connectivity index (χ3n) is 5.40. The van der Waals surface area contributed by atoms with Gasteiger partial charge in [0, 0.05) is 31.2 Å². The second-order valence-electron chi connectivity index (χ2n) is 7.30. The van der Waals surface area contributed by atoms with Crippen molar-refractivity contribution in [1.82, 2.24) is 9.80 Å². The number of hydrogen-bond acceptors (Lipinski definition) is 3. The standard InChI is InChI=1S/C17H35N3/c1-4-10-20(13-16-6-7-16)17(14-18)8-5-11-19(12-9-17)15(2)3/h15-16H,4-14,18H2,1-3H3. The lowest BCUT2D eigenvalue weighted by Crippen LogP contribution is -2.55. The summed E-state index contributed by atoms with van der Waals surface area (Å²) in [6.07, 6.45) is 7.99. The Bertz CT molecular complexity index is 288. The molecule has 2 N–H and O–H groups in total. The van der Waals surface area contributed by atoms with Crippen molar-refractivity contribution in [3.8, 4) is 0 Å². The molecule has 1 unspecified atom stereocenters. The zero-order valence-corrected chi connectivity index (χ0v) is 13.9. The fourth-order valence-electron chi connectivity index (χ4n) is 3.77. The van der Waals surface area contributed by atoms with E-state index < -0.39 is 0 Å². The highest BCUT2D eigenvalue weighted by atomic mass is 15.2. The Labute approximate surface area is 125 Å². The van der Waals surface area contributed by atoms with Crippen LogP contribution in [0.2, 0.25) is 0 Å². The van der Waals surface area contributed by atoms with Crippen molar-refractivity contribution in [2.45, 2.75) is 70.9 Å². The Morgan fingerprint density at radius 2 is 2.00 bits per heavy atom. The van der Waals surface area contributed by atoms with Gasteiger partial charge in [0.15, 0.2) is 0 Å². The van der Waals surface area contributed by atoms with Gasteiger partial charge in [-0.25, -0.2) is 0 Å². The highest BCUT2D eigenvalue weighted by Gasteiger charge is 2.39. The average molecular weight is 281 g/mol. The normalized spacial score (nSPS) is 29.1. The van der Waals surface area contributed by atoms with E-state index in [9.17, 15) is 0 Å². The molecule has 1 aliphatic carbocycles. The summed E-state index contributed by atoms with van der Waals surface area (Å²) in [5.41, 5.74) is 6.58. The summed E-state index contributed by atoms with van der Waals surface area (Å²) >= 11 is 0. The molecule has 2 rings (SSSR count). The largest absolute Gasteiger partial charge is 0.329 e. The third-order valence-corrected chi connectivity index (χ3v) is 5.40. The van der Waals surface area contributed by atoms with Crippen LogP contribution in [0.1, 0.15) is 59.3 Å². The Kier molecular flexibility index (Phi) is 5.88. The van der Waals surface area contributed by atoms with Gasteiger partial charge >= 0.3 is 0 Å². The molecule has 0 amide bonds. The highest BCUT2D eigenvalue weighted by molar-refractivity contribution is 4.96. The van der Waals surface area contributed by atoms with E-state index in [1.54, 1.807) is 0 Å². The Morgan fingerprint density at radius 3 is 2.55 bits per heavy atom. The van der Waals surface area contributed by atoms with Crippen molar-refractivity contribution in [2.24, 2.45) is 11.7 Å². The summed E-state index contributed by atoms with van der Waals surface area (Å²) < 4.78 is 0. The Balaban J connectivity index is 2.04. The van der Waals surface area contributed by atoms with Gasteiger partial charge in [-0.1, -0.05) is 6.92 Å². The van der Waals surface area contributed by atoms with E-state index in [4.69, 9.17) is 5.73 Å². The van der Waals surface area contributed by atoms with Gasteiger partial charge in [-0.2, -0.15) is 0 Å². The highest BCUT2D eigenvalue weighted by Crippen LogP contribution is 2.35. The minimum atomic E-state index is 0.280. The second-order valence-corrected chi connectivity index (χ2v) is 7.30. The molecule has 3 heteroatoms. The molecule has 1 saturated heterocycles. The van der Waals surface area contributed by atoms with Crippen LogP contribution < -0.4 is 5.73 Å². The first-order valence-corrected chi connectivity index (χ1v) is 8.80. The first kappa shape index (κ1) is 16.3. The maximum atomic E-state index is 6.30. The predicted molar refractivity (Wildman–Crippen MR) is 86.9 cm³/mol. The predicted octanol–water partition coefficient (Wildman–Crippen LogP) is 2.70. The smallest absolute Gasteiger partial charge is 0.0344 e. The van der Waals surface area contributed by atoms with Crippen molar-refractivity contribution in [2.75, 3.05) is 32.7 Å². The summed E-state index contributed by atoms with van der Waals surface area (Å²) in [6, 6.07) is 0.673. The van der Waals surface area contributed by atoms with Gasteiger partial charge in [0.1, 0.15) is 0 Å². The first-order chi connectivity index (χ1) is 9.61. The zero-order valence-electron chi connectivity index (χ0n) is 13.9. The van der Waals surface area contributed by atoms with Crippen LogP contribution >= 0.6 is 0 Å². The van der Waals surface area contributed by atoms with Gasteiger partial charge in [0.25, 0.3) is 0 Å². The molecule has 2 aliphatic rings. The molecule has 0 aromatic carbocycles. The summed E-state index contributed by atoms with van der Waals surface area (Å²) in [7, 11) is 0. The second kappa shape index (κ2) is 7.24. The molecule has 1 heterocycles. The van der Waals surface area contributed by atoms with Crippen LogP contribution in [0.5, 0.6) is 0 Å². The zero-order chi connectivity index (χ0) is 14.6. The fraction of sp³-hybridized carbons (Fsp3) is 1.00. The van der Waals surface area contributed by atoms with Crippen LogP contribution in [0.3, 0.4) is 0 Å². The summed E-state index contributed by atoms with van der Waals surface area (Å²) in [5, 5.41) is 0. The summed E-state index contributed by atoms with van der Waals surface area (Å²) in [6.45, 7) is 12.8.